The monoisotopic (exact) mass is 506 g/mol. The SMILES string of the molecule is CC(C)(Cc1cccc(CC(=O)NC23CC4CC(CC(C4)C2)C3)c1)NC[C@@H](O)c1ccc(O)c(CO)c1. The summed E-state index contributed by atoms with van der Waals surface area (Å²) in [6.07, 6.45) is 8.03. The van der Waals surface area contributed by atoms with Crippen LogP contribution in [0.4, 0.5) is 0 Å². The molecule has 6 nitrogen and oxygen atoms in total. The highest BCUT2D eigenvalue weighted by Gasteiger charge is 2.51. The summed E-state index contributed by atoms with van der Waals surface area (Å²) in [6.45, 7) is 4.27. The van der Waals surface area contributed by atoms with Gasteiger partial charge in [0.2, 0.25) is 5.91 Å². The highest BCUT2D eigenvalue weighted by Crippen LogP contribution is 2.55. The maximum Gasteiger partial charge on any atom is 0.224 e. The van der Waals surface area contributed by atoms with E-state index in [1.165, 1.54) is 44.6 Å². The van der Waals surface area contributed by atoms with E-state index in [9.17, 15) is 20.1 Å². The number of aliphatic hydroxyl groups is 2. The summed E-state index contributed by atoms with van der Waals surface area (Å²) in [6, 6.07) is 13.1. The van der Waals surface area contributed by atoms with Crippen molar-refractivity contribution in [2.24, 2.45) is 17.8 Å². The first-order chi connectivity index (χ1) is 17.6. The highest BCUT2D eigenvalue weighted by atomic mass is 16.3. The largest absolute Gasteiger partial charge is 0.508 e. The third-order valence-corrected chi connectivity index (χ3v) is 8.88. The summed E-state index contributed by atoms with van der Waals surface area (Å²) in [5.41, 5.74) is 3.01. The van der Waals surface area contributed by atoms with Crippen LogP contribution in [0.5, 0.6) is 5.75 Å². The molecule has 4 aliphatic carbocycles. The van der Waals surface area contributed by atoms with E-state index in [0.29, 0.717) is 24.1 Å². The topological polar surface area (TPSA) is 102 Å². The molecule has 2 aromatic rings. The van der Waals surface area contributed by atoms with E-state index in [0.717, 1.165) is 35.3 Å². The molecule has 4 aliphatic rings. The van der Waals surface area contributed by atoms with Gasteiger partial charge in [-0.15, -0.1) is 0 Å². The lowest BCUT2D eigenvalue weighted by Gasteiger charge is -2.56. The summed E-state index contributed by atoms with van der Waals surface area (Å²) in [4.78, 5) is 13.1. The van der Waals surface area contributed by atoms with Gasteiger partial charge in [0.15, 0.2) is 0 Å². The van der Waals surface area contributed by atoms with Crippen LogP contribution >= 0.6 is 0 Å². The molecule has 0 spiro atoms. The molecule has 0 aliphatic heterocycles. The Morgan fingerprint density at radius 3 is 2.32 bits per heavy atom. The minimum absolute atomic E-state index is 0.0261. The maximum atomic E-state index is 13.1. The summed E-state index contributed by atoms with van der Waals surface area (Å²) < 4.78 is 0. The fourth-order valence-corrected chi connectivity index (χ4v) is 7.64. The Balaban J connectivity index is 1.15. The molecule has 0 unspecified atom stereocenters. The number of nitrogens with one attached hydrogen (secondary N) is 2. The van der Waals surface area contributed by atoms with E-state index in [4.69, 9.17) is 0 Å². The second-order valence-corrected chi connectivity index (χ2v) is 12.7. The number of hydrogen-bond donors (Lipinski definition) is 5. The van der Waals surface area contributed by atoms with Crippen molar-refractivity contribution in [3.63, 3.8) is 0 Å². The van der Waals surface area contributed by atoms with Gasteiger partial charge in [0.05, 0.1) is 19.1 Å². The van der Waals surface area contributed by atoms with Gasteiger partial charge in [0.25, 0.3) is 0 Å². The van der Waals surface area contributed by atoms with Gasteiger partial charge in [-0.3, -0.25) is 4.79 Å². The summed E-state index contributed by atoms with van der Waals surface area (Å²) >= 11 is 0. The zero-order valence-electron chi connectivity index (χ0n) is 22.2. The number of rotatable bonds is 10. The molecule has 0 aromatic heterocycles. The lowest BCUT2D eigenvalue weighted by molar-refractivity contribution is -0.126. The van der Waals surface area contributed by atoms with E-state index in [1.807, 2.05) is 12.1 Å². The van der Waals surface area contributed by atoms with E-state index in [2.05, 4.69) is 36.6 Å². The Bertz CT molecular complexity index is 1090. The van der Waals surface area contributed by atoms with Crippen molar-refractivity contribution in [2.75, 3.05) is 6.54 Å². The number of aliphatic hydroxyl groups excluding tert-OH is 2. The zero-order chi connectivity index (χ0) is 26.2. The Morgan fingerprint density at radius 1 is 1.03 bits per heavy atom. The molecule has 2 aromatic carbocycles. The number of β-amino-alcohol motifs (C(OH)–C–C–N with tert-alkyl or cyclic N) is 1. The minimum atomic E-state index is -0.759. The van der Waals surface area contributed by atoms with Gasteiger partial charge in [-0.1, -0.05) is 30.3 Å². The van der Waals surface area contributed by atoms with Crippen LogP contribution in [0, 0.1) is 17.8 Å². The van der Waals surface area contributed by atoms with E-state index in [-0.39, 0.29) is 29.3 Å². The zero-order valence-corrected chi connectivity index (χ0v) is 22.2. The van der Waals surface area contributed by atoms with Gasteiger partial charge in [0.1, 0.15) is 5.75 Å². The number of aromatic hydroxyl groups is 1. The summed E-state index contributed by atoms with van der Waals surface area (Å²) in [5, 5.41) is 36.7. The molecular weight excluding hydrogens is 464 g/mol. The first kappa shape index (κ1) is 26.2. The average molecular weight is 507 g/mol. The standard InChI is InChI=1S/C31H42N2O4/c1-30(2,32-18-28(36)25-6-7-27(35)26(13-25)19-34)14-21-5-3-4-20(8-21)12-29(37)33-31-15-22-9-23(16-31)11-24(10-22)17-31/h3-8,13,22-24,28,32,34-36H,9-12,14-19H2,1-2H3,(H,33,37)/t22?,23?,24?,28-,31?/m1/s1. The van der Waals surface area contributed by atoms with Crippen LogP contribution in [0.3, 0.4) is 0 Å². The minimum Gasteiger partial charge on any atom is -0.508 e. The number of carbonyl (C=O) groups is 1. The third kappa shape index (κ3) is 6.19. The Labute approximate surface area is 220 Å². The van der Waals surface area contributed by atoms with Crippen LogP contribution in [-0.4, -0.2) is 38.8 Å². The van der Waals surface area contributed by atoms with Gasteiger partial charge in [-0.25, -0.2) is 0 Å². The molecule has 6 heteroatoms. The second-order valence-electron chi connectivity index (χ2n) is 12.7. The fraction of sp³-hybridized carbons (Fsp3) is 0.581. The lowest BCUT2D eigenvalue weighted by Crippen LogP contribution is -2.60. The Hall–Kier alpha value is -2.41. The van der Waals surface area contributed by atoms with E-state index < -0.39 is 6.10 Å². The van der Waals surface area contributed by atoms with Gasteiger partial charge >= 0.3 is 0 Å². The van der Waals surface area contributed by atoms with Crippen LogP contribution in [0.25, 0.3) is 0 Å². The number of amides is 1. The predicted octanol–water partition coefficient (Wildman–Crippen LogP) is 4.16. The molecule has 200 valence electrons. The third-order valence-electron chi connectivity index (χ3n) is 8.88. The first-order valence-electron chi connectivity index (χ1n) is 13.9. The van der Waals surface area contributed by atoms with Crippen LogP contribution in [0.15, 0.2) is 42.5 Å². The second kappa shape index (κ2) is 10.4. The molecule has 6 rings (SSSR count). The van der Waals surface area contributed by atoms with Crippen molar-refractivity contribution >= 4 is 5.91 Å². The molecule has 4 fully saturated rings. The van der Waals surface area contributed by atoms with Crippen molar-refractivity contribution in [2.45, 2.75) is 89.0 Å². The van der Waals surface area contributed by atoms with Gasteiger partial charge in [0, 0.05) is 23.2 Å². The van der Waals surface area contributed by atoms with Crippen molar-refractivity contribution in [1.29, 1.82) is 0 Å². The van der Waals surface area contributed by atoms with Gasteiger partial charge in [-0.2, -0.15) is 0 Å². The van der Waals surface area contributed by atoms with Crippen molar-refractivity contribution in [1.82, 2.24) is 10.6 Å². The number of benzene rings is 2. The quantitative estimate of drug-likeness (QED) is 0.333. The van der Waals surface area contributed by atoms with E-state index in [1.54, 1.807) is 12.1 Å². The van der Waals surface area contributed by atoms with Crippen molar-refractivity contribution in [3.05, 3.63) is 64.7 Å². The van der Waals surface area contributed by atoms with Crippen molar-refractivity contribution < 1.29 is 20.1 Å². The number of carbonyl (C=O) groups excluding carboxylic acids is 1. The van der Waals surface area contributed by atoms with Crippen LogP contribution < -0.4 is 10.6 Å². The first-order valence-corrected chi connectivity index (χ1v) is 13.9. The van der Waals surface area contributed by atoms with Gasteiger partial charge in [-0.05, 0) is 105 Å². The number of phenols is 1. The average Bonchev–Trinajstić information content (AvgIpc) is 2.81. The Kier molecular flexibility index (Phi) is 7.36. The molecule has 0 saturated heterocycles. The van der Waals surface area contributed by atoms with Crippen molar-refractivity contribution in [3.8, 4) is 5.75 Å². The molecule has 37 heavy (non-hydrogen) atoms. The molecular formula is C31H42N2O4. The van der Waals surface area contributed by atoms with Gasteiger partial charge < -0.3 is 26.0 Å². The molecule has 4 bridgehead atoms. The number of hydrogen-bond acceptors (Lipinski definition) is 5. The summed E-state index contributed by atoms with van der Waals surface area (Å²) in [5.74, 6) is 2.62. The molecule has 1 amide bonds. The molecule has 4 saturated carbocycles. The van der Waals surface area contributed by atoms with Crippen LogP contribution in [0.2, 0.25) is 0 Å². The predicted molar refractivity (Wildman–Crippen MR) is 144 cm³/mol. The van der Waals surface area contributed by atoms with Crippen LogP contribution in [-0.2, 0) is 24.2 Å². The molecule has 0 radical (unpaired) electrons. The Morgan fingerprint density at radius 2 is 1.68 bits per heavy atom. The fourth-order valence-electron chi connectivity index (χ4n) is 7.64. The van der Waals surface area contributed by atoms with Crippen LogP contribution in [0.1, 0.15) is 80.7 Å². The smallest absolute Gasteiger partial charge is 0.224 e. The molecule has 1 atom stereocenters. The summed E-state index contributed by atoms with van der Waals surface area (Å²) in [7, 11) is 0. The van der Waals surface area contributed by atoms with E-state index >= 15 is 0 Å². The maximum absolute atomic E-state index is 13.1. The normalized spacial score (nSPS) is 27.3. The lowest BCUT2D eigenvalue weighted by atomic mass is 9.53. The molecule has 0 heterocycles. The molecule has 5 N–H and O–H groups in total. The highest BCUT2D eigenvalue weighted by molar-refractivity contribution is 5.79.